The average molecular weight is 559 g/mol. The molecular formula is C40H62O. The Bertz CT molecular complexity index is 1150. The monoisotopic (exact) mass is 558 g/mol. The zero-order valence-electron chi connectivity index (χ0n) is 27.9. The highest BCUT2D eigenvalue weighted by atomic mass is 16.3. The van der Waals surface area contributed by atoms with E-state index in [4.69, 9.17) is 6.58 Å². The van der Waals surface area contributed by atoms with Crippen LogP contribution in [0.3, 0.4) is 0 Å². The average Bonchev–Trinajstić information content (AvgIpc) is 2.88. The molecule has 0 bridgehead atoms. The van der Waals surface area contributed by atoms with E-state index in [1.807, 2.05) is 0 Å². The molecule has 6 aliphatic carbocycles. The molecule has 228 valence electrons. The molecule has 0 amide bonds. The van der Waals surface area contributed by atoms with Gasteiger partial charge in [-0.15, -0.1) is 6.58 Å². The van der Waals surface area contributed by atoms with E-state index in [9.17, 15) is 5.11 Å². The second kappa shape index (κ2) is 9.63. The topological polar surface area (TPSA) is 20.2 Å². The van der Waals surface area contributed by atoms with Gasteiger partial charge in [-0.3, -0.25) is 0 Å². The summed E-state index contributed by atoms with van der Waals surface area (Å²) in [7, 11) is 0. The molecule has 6 rings (SSSR count). The summed E-state index contributed by atoms with van der Waals surface area (Å²) in [5.74, 6) is 3.89. The van der Waals surface area contributed by atoms with Gasteiger partial charge in [0.15, 0.2) is 0 Å². The molecule has 4 fully saturated rings. The summed E-state index contributed by atoms with van der Waals surface area (Å²) in [6.45, 7) is 26.6. The van der Waals surface area contributed by atoms with Crippen LogP contribution >= 0.6 is 0 Å². The molecule has 6 aliphatic rings. The molecule has 0 saturated heterocycles. The first-order chi connectivity index (χ1) is 19.1. The number of aliphatic hydroxyl groups is 1. The summed E-state index contributed by atoms with van der Waals surface area (Å²) in [4.78, 5) is 0. The highest BCUT2D eigenvalue weighted by Crippen LogP contribution is 2.68. The molecule has 0 aromatic carbocycles. The summed E-state index contributed by atoms with van der Waals surface area (Å²) < 4.78 is 0. The smallest absolute Gasteiger partial charge is 0.0927 e. The van der Waals surface area contributed by atoms with Crippen LogP contribution in [-0.4, -0.2) is 5.11 Å². The van der Waals surface area contributed by atoms with Crippen molar-refractivity contribution in [1.29, 1.82) is 0 Å². The van der Waals surface area contributed by atoms with Crippen LogP contribution in [0.15, 0.2) is 48.3 Å². The predicted octanol–water partition coefficient (Wildman–Crippen LogP) is 11.8. The molecule has 1 N–H and O–H groups in total. The van der Waals surface area contributed by atoms with Gasteiger partial charge in [-0.05, 0) is 146 Å². The standard InChI is InChI=1S/C40H62O/c1-10-36(5)20-21-39(8)30(25-36)15-19-38(7)27(2)22-28(23-33(38)39)14-18-37(6)24-29-12-13-32-35(3,4)16-11-17-40(32,9)34(29)31(41)26-37/h10,23,26,29-30,32-34,41H,1-2,11-22,24-25H2,3-9H3. The van der Waals surface area contributed by atoms with Crippen molar-refractivity contribution in [3.8, 4) is 0 Å². The largest absolute Gasteiger partial charge is 0.512 e. The highest BCUT2D eigenvalue weighted by Gasteiger charge is 2.59. The third-order valence-electron chi connectivity index (χ3n) is 15.3. The minimum absolute atomic E-state index is 0.0944. The van der Waals surface area contributed by atoms with Gasteiger partial charge in [0.2, 0.25) is 0 Å². The highest BCUT2D eigenvalue weighted by molar-refractivity contribution is 5.33. The van der Waals surface area contributed by atoms with Gasteiger partial charge in [-0.1, -0.05) is 84.8 Å². The van der Waals surface area contributed by atoms with Crippen LogP contribution in [0.25, 0.3) is 0 Å². The molecule has 0 aliphatic heterocycles. The normalized spacial score (nSPS) is 50.8. The Morgan fingerprint density at radius 3 is 2.39 bits per heavy atom. The molecule has 0 spiro atoms. The Balaban J connectivity index is 1.22. The second-order valence-corrected chi connectivity index (χ2v) is 18.4. The first-order valence-corrected chi connectivity index (χ1v) is 17.5. The van der Waals surface area contributed by atoms with Crippen molar-refractivity contribution in [2.24, 2.45) is 62.1 Å². The van der Waals surface area contributed by atoms with E-state index in [1.54, 1.807) is 5.57 Å². The zero-order chi connectivity index (χ0) is 29.6. The molecule has 0 radical (unpaired) electrons. The summed E-state index contributed by atoms with van der Waals surface area (Å²) in [5, 5.41) is 11.7. The molecule has 0 aromatic rings. The molecule has 10 atom stereocenters. The maximum Gasteiger partial charge on any atom is 0.0927 e. The lowest BCUT2D eigenvalue weighted by atomic mass is 9.43. The van der Waals surface area contributed by atoms with Crippen molar-refractivity contribution < 1.29 is 5.11 Å². The molecule has 1 nitrogen and oxygen atoms in total. The van der Waals surface area contributed by atoms with Crippen LogP contribution < -0.4 is 0 Å². The third kappa shape index (κ3) is 4.60. The second-order valence-electron chi connectivity index (χ2n) is 18.4. The van der Waals surface area contributed by atoms with Crippen molar-refractivity contribution in [3.63, 3.8) is 0 Å². The number of hydrogen-bond donors (Lipinski definition) is 1. The van der Waals surface area contributed by atoms with Gasteiger partial charge in [-0.25, -0.2) is 0 Å². The van der Waals surface area contributed by atoms with E-state index in [0.717, 1.165) is 36.9 Å². The van der Waals surface area contributed by atoms with E-state index in [1.165, 1.54) is 76.2 Å². The van der Waals surface area contributed by atoms with Gasteiger partial charge in [0.1, 0.15) is 0 Å². The van der Waals surface area contributed by atoms with Crippen molar-refractivity contribution in [1.82, 2.24) is 0 Å². The van der Waals surface area contributed by atoms with Crippen molar-refractivity contribution in [2.75, 3.05) is 0 Å². The minimum atomic E-state index is 0.0944. The molecule has 1 heteroatoms. The van der Waals surface area contributed by atoms with Crippen LogP contribution in [0, 0.1) is 62.1 Å². The lowest BCUT2D eigenvalue weighted by Gasteiger charge is -2.62. The van der Waals surface area contributed by atoms with Crippen LogP contribution in [-0.2, 0) is 0 Å². The van der Waals surface area contributed by atoms with Crippen LogP contribution in [0.2, 0.25) is 0 Å². The Kier molecular flexibility index (Phi) is 7.00. The molecule has 4 saturated carbocycles. The van der Waals surface area contributed by atoms with Gasteiger partial charge >= 0.3 is 0 Å². The van der Waals surface area contributed by atoms with E-state index in [2.05, 4.69) is 73.3 Å². The third-order valence-corrected chi connectivity index (χ3v) is 15.3. The van der Waals surface area contributed by atoms with E-state index < -0.39 is 0 Å². The van der Waals surface area contributed by atoms with Gasteiger partial charge in [0.25, 0.3) is 0 Å². The summed E-state index contributed by atoms with van der Waals surface area (Å²) in [6, 6.07) is 0. The minimum Gasteiger partial charge on any atom is -0.512 e. The fraction of sp³-hybridized carbons (Fsp3) is 0.800. The molecule has 10 unspecified atom stereocenters. The summed E-state index contributed by atoms with van der Waals surface area (Å²) >= 11 is 0. The number of allylic oxidation sites excluding steroid dienone is 6. The van der Waals surface area contributed by atoms with Crippen LogP contribution in [0.4, 0.5) is 0 Å². The molecule has 41 heavy (non-hydrogen) atoms. The SMILES string of the molecule is C=CC1(C)CCC2(C)C(CCC3(C)C(=C)CC(CCC4(C)C=C(O)C5C(CCC6C(C)(C)CCCC56C)C4)=CC32)C1. The van der Waals surface area contributed by atoms with Crippen molar-refractivity contribution in [3.05, 3.63) is 48.3 Å². The Labute approximate surface area is 253 Å². The lowest BCUT2D eigenvalue weighted by molar-refractivity contribution is -0.106. The maximum atomic E-state index is 11.7. The predicted molar refractivity (Wildman–Crippen MR) is 175 cm³/mol. The Morgan fingerprint density at radius 1 is 0.902 bits per heavy atom. The van der Waals surface area contributed by atoms with Gasteiger partial charge in [0.05, 0.1) is 5.76 Å². The fourth-order valence-electron chi connectivity index (χ4n) is 12.6. The molecule has 0 aromatic heterocycles. The zero-order valence-corrected chi connectivity index (χ0v) is 27.9. The van der Waals surface area contributed by atoms with Crippen molar-refractivity contribution in [2.45, 2.75) is 138 Å². The van der Waals surface area contributed by atoms with E-state index in [0.29, 0.717) is 34.0 Å². The summed E-state index contributed by atoms with van der Waals surface area (Å²) in [5.41, 5.74) is 4.81. The lowest BCUT2D eigenvalue weighted by Crippen LogP contribution is -2.54. The Morgan fingerprint density at radius 2 is 1.66 bits per heavy atom. The number of hydrogen-bond acceptors (Lipinski definition) is 1. The summed E-state index contributed by atoms with van der Waals surface area (Å²) in [6.07, 6.45) is 25.1. The van der Waals surface area contributed by atoms with Crippen LogP contribution in [0.5, 0.6) is 0 Å². The molecule has 0 heterocycles. The fourth-order valence-corrected chi connectivity index (χ4v) is 12.6. The molecular weight excluding hydrogens is 496 g/mol. The van der Waals surface area contributed by atoms with Crippen molar-refractivity contribution >= 4 is 0 Å². The van der Waals surface area contributed by atoms with Gasteiger partial charge in [-0.2, -0.15) is 0 Å². The van der Waals surface area contributed by atoms with E-state index >= 15 is 0 Å². The number of fused-ring (bicyclic) bond motifs is 6. The van der Waals surface area contributed by atoms with Crippen LogP contribution in [0.1, 0.15) is 138 Å². The van der Waals surface area contributed by atoms with Gasteiger partial charge < -0.3 is 5.11 Å². The first kappa shape index (κ1) is 29.8. The van der Waals surface area contributed by atoms with Gasteiger partial charge in [0, 0.05) is 5.92 Å². The number of aliphatic hydroxyl groups excluding tert-OH is 1. The quantitative estimate of drug-likeness (QED) is 0.340. The Hall–Kier alpha value is -1.24. The number of rotatable bonds is 4. The maximum absolute atomic E-state index is 11.7. The first-order valence-electron chi connectivity index (χ1n) is 17.5. The van der Waals surface area contributed by atoms with E-state index in [-0.39, 0.29) is 16.2 Å².